The van der Waals surface area contributed by atoms with Crippen LogP contribution in [0.4, 0.5) is 0 Å². The Kier molecular flexibility index (Phi) is 3.60. The van der Waals surface area contributed by atoms with Crippen LogP contribution in [0.5, 0.6) is 11.5 Å². The molecule has 0 unspecified atom stereocenters. The van der Waals surface area contributed by atoms with Gasteiger partial charge in [-0.1, -0.05) is 0 Å². The van der Waals surface area contributed by atoms with Crippen LogP contribution in [-0.2, 0) is 0 Å². The Morgan fingerprint density at radius 3 is 1.81 bits per heavy atom. The number of ketones is 2. The van der Waals surface area contributed by atoms with Crippen molar-refractivity contribution < 1.29 is 19.8 Å². The first-order chi connectivity index (χ1) is 9.75. The molecular formula is C16H17NO4. The van der Waals surface area contributed by atoms with E-state index in [1.54, 1.807) is 24.5 Å². The zero-order valence-electron chi connectivity index (χ0n) is 12.4. The minimum atomic E-state index is -0.196. The molecule has 2 aromatic rings. The first-order valence-electron chi connectivity index (χ1n) is 6.51. The number of phenolic OH excluding ortho intramolecular Hbond substituents is 2. The molecule has 21 heavy (non-hydrogen) atoms. The third-order valence-electron chi connectivity index (χ3n) is 3.55. The van der Waals surface area contributed by atoms with Crippen molar-refractivity contribution in [2.75, 3.05) is 0 Å². The van der Waals surface area contributed by atoms with Crippen LogP contribution in [0.15, 0.2) is 18.2 Å². The molecule has 0 amide bonds. The lowest BCUT2D eigenvalue weighted by Crippen LogP contribution is -2.02. The summed E-state index contributed by atoms with van der Waals surface area (Å²) in [5.41, 5.74) is 2.33. The molecule has 0 saturated carbocycles. The summed E-state index contributed by atoms with van der Waals surface area (Å²) in [5.74, 6) is -0.575. The van der Waals surface area contributed by atoms with Gasteiger partial charge in [-0.05, 0) is 39.8 Å². The van der Waals surface area contributed by atoms with Gasteiger partial charge in [-0.2, -0.15) is 0 Å². The van der Waals surface area contributed by atoms with E-state index in [1.165, 1.54) is 26.0 Å². The Labute approximate surface area is 122 Å². The van der Waals surface area contributed by atoms with Gasteiger partial charge in [0.2, 0.25) is 0 Å². The highest BCUT2D eigenvalue weighted by atomic mass is 16.3. The van der Waals surface area contributed by atoms with Crippen LogP contribution in [0.1, 0.15) is 46.0 Å². The van der Waals surface area contributed by atoms with Crippen molar-refractivity contribution in [3.05, 3.63) is 40.7 Å². The second-order valence-electron chi connectivity index (χ2n) is 5.04. The smallest absolute Gasteiger partial charge is 0.162 e. The fraction of sp³-hybridized carbons (Fsp3) is 0.250. The summed E-state index contributed by atoms with van der Waals surface area (Å²) in [4.78, 5) is 23.7. The van der Waals surface area contributed by atoms with E-state index in [0.717, 1.165) is 0 Å². The first-order valence-corrected chi connectivity index (χ1v) is 6.51. The van der Waals surface area contributed by atoms with Crippen LogP contribution < -0.4 is 0 Å². The molecule has 1 aromatic heterocycles. The molecule has 0 saturated heterocycles. The van der Waals surface area contributed by atoms with Crippen molar-refractivity contribution in [1.29, 1.82) is 0 Å². The molecule has 1 heterocycles. The zero-order chi connectivity index (χ0) is 15.9. The number of nitrogens with zero attached hydrogens (tertiary/aromatic N) is 1. The van der Waals surface area contributed by atoms with Gasteiger partial charge in [0.05, 0.1) is 5.69 Å². The second kappa shape index (κ2) is 5.09. The van der Waals surface area contributed by atoms with Gasteiger partial charge >= 0.3 is 0 Å². The molecule has 1 aromatic carbocycles. The van der Waals surface area contributed by atoms with Gasteiger partial charge in [0.1, 0.15) is 11.5 Å². The van der Waals surface area contributed by atoms with Crippen molar-refractivity contribution in [3.8, 4) is 17.2 Å². The standard InChI is InChI=1S/C16H17NO4/c1-8-15(10(3)18)16(11(4)19)9(2)17(8)13-6-5-12(20)7-14(13)21/h5-7,20-21H,1-4H3. The molecule has 5 nitrogen and oxygen atoms in total. The van der Waals surface area contributed by atoms with Gasteiger partial charge < -0.3 is 14.8 Å². The van der Waals surface area contributed by atoms with Gasteiger partial charge in [0.25, 0.3) is 0 Å². The van der Waals surface area contributed by atoms with E-state index >= 15 is 0 Å². The van der Waals surface area contributed by atoms with E-state index in [9.17, 15) is 19.8 Å². The number of phenols is 2. The van der Waals surface area contributed by atoms with Crippen LogP contribution in [0, 0.1) is 13.8 Å². The maximum absolute atomic E-state index is 11.9. The third-order valence-corrected chi connectivity index (χ3v) is 3.55. The highest BCUT2D eigenvalue weighted by Gasteiger charge is 2.25. The summed E-state index contributed by atoms with van der Waals surface area (Å²) in [5, 5.41) is 19.4. The number of benzene rings is 1. The number of aromatic nitrogens is 1. The summed E-state index contributed by atoms with van der Waals surface area (Å²) in [6, 6.07) is 4.20. The SMILES string of the molecule is CC(=O)c1c(C(C)=O)c(C)n(-c2ccc(O)cc2O)c1C. The molecule has 0 aliphatic heterocycles. The van der Waals surface area contributed by atoms with Gasteiger partial charge in [0.15, 0.2) is 11.6 Å². The Morgan fingerprint density at radius 1 is 0.952 bits per heavy atom. The average molecular weight is 287 g/mol. The number of Topliss-reactive ketones (excluding diaryl/α,β-unsaturated/α-hetero) is 2. The summed E-state index contributed by atoms with van der Waals surface area (Å²) in [6.45, 7) is 6.27. The van der Waals surface area contributed by atoms with Crippen molar-refractivity contribution in [2.45, 2.75) is 27.7 Å². The number of carbonyl (C=O) groups is 2. The van der Waals surface area contributed by atoms with Crippen LogP contribution in [0.25, 0.3) is 5.69 Å². The zero-order valence-corrected chi connectivity index (χ0v) is 12.4. The summed E-state index contributed by atoms with van der Waals surface area (Å²) < 4.78 is 1.65. The average Bonchev–Trinajstić information content (AvgIpc) is 2.62. The molecule has 110 valence electrons. The van der Waals surface area contributed by atoms with Crippen molar-refractivity contribution in [2.24, 2.45) is 0 Å². The lowest BCUT2D eigenvalue weighted by molar-refractivity contribution is 0.0981. The number of hydrogen-bond donors (Lipinski definition) is 2. The highest BCUT2D eigenvalue weighted by Crippen LogP contribution is 2.32. The Morgan fingerprint density at radius 2 is 1.43 bits per heavy atom. The number of hydrogen-bond acceptors (Lipinski definition) is 4. The fourth-order valence-electron chi connectivity index (χ4n) is 2.76. The molecule has 0 radical (unpaired) electrons. The van der Waals surface area contributed by atoms with Crippen LogP contribution in [0.2, 0.25) is 0 Å². The van der Waals surface area contributed by atoms with Crippen molar-refractivity contribution in [3.63, 3.8) is 0 Å². The van der Waals surface area contributed by atoms with E-state index in [0.29, 0.717) is 28.2 Å². The van der Waals surface area contributed by atoms with E-state index in [2.05, 4.69) is 0 Å². The predicted octanol–water partition coefficient (Wildman–Crippen LogP) is 2.91. The van der Waals surface area contributed by atoms with E-state index in [-0.39, 0.29) is 23.1 Å². The highest BCUT2D eigenvalue weighted by molar-refractivity contribution is 6.09. The lowest BCUT2D eigenvalue weighted by Gasteiger charge is -2.12. The van der Waals surface area contributed by atoms with Gasteiger partial charge in [-0.3, -0.25) is 9.59 Å². The maximum Gasteiger partial charge on any atom is 0.162 e. The molecular weight excluding hydrogens is 270 g/mol. The summed E-state index contributed by atoms with van der Waals surface area (Å²) in [7, 11) is 0. The molecule has 0 aliphatic carbocycles. The summed E-state index contributed by atoms with van der Waals surface area (Å²) >= 11 is 0. The lowest BCUT2D eigenvalue weighted by atomic mass is 10.0. The number of rotatable bonds is 3. The van der Waals surface area contributed by atoms with Crippen molar-refractivity contribution in [1.82, 2.24) is 4.57 Å². The Balaban J connectivity index is 2.85. The normalized spacial score (nSPS) is 10.7. The topological polar surface area (TPSA) is 79.5 Å². The predicted molar refractivity (Wildman–Crippen MR) is 78.6 cm³/mol. The molecule has 0 aliphatic rings. The van der Waals surface area contributed by atoms with Gasteiger partial charge in [-0.15, -0.1) is 0 Å². The third kappa shape index (κ3) is 2.31. The van der Waals surface area contributed by atoms with Crippen molar-refractivity contribution >= 4 is 11.6 Å². The largest absolute Gasteiger partial charge is 0.508 e. The molecule has 0 atom stereocenters. The Hall–Kier alpha value is -2.56. The van der Waals surface area contributed by atoms with Crippen LogP contribution in [-0.4, -0.2) is 26.3 Å². The molecule has 2 N–H and O–H groups in total. The van der Waals surface area contributed by atoms with E-state index < -0.39 is 0 Å². The number of aromatic hydroxyl groups is 2. The fourth-order valence-corrected chi connectivity index (χ4v) is 2.76. The minimum Gasteiger partial charge on any atom is -0.508 e. The minimum absolute atomic E-state index is 0.0581. The monoisotopic (exact) mass is 287 g/mol. The Bertz CT molecular complexity index is 719. The molecule has 2 rings (SSSR count). The second-order valence-corrected chi connectivity index (χ2v) is 5.04. The summed E-state index contributed by atoms with van der Waals surface area (Å²) in [6.07, 6.45) is 0. The quantitative estimate of drug-likeness (QED) is 0.851. The number of carbonyl (C=O) groups excluding carboxylic acids is 2. The maximum atomic E-state index is 11.9. The van der Waals surface area contributed by atoms with Crippen LogP contribution >= 0.6 is 0 Å². The van der Waals surface area contributed by atoms with Gasteiger partial charge in [-0.25, -0.2) is 0 Å². The molecule has 0 bridgehead atoms. The van der Waals surface area contributed by atoms with Crippen LogP contribution in [0.3, 0.4) is 0 Å². The molecule has 5 heteroatoms. The van der Waals surface area contributed by atoms with E-state index in [1.807, 2.05) is 0 Å². The molecule has 0 fully saturated rings. The van der Waals surface area contributed by atoms with E-state index in [4.69, 9.17) is 0 Å². The van der Waals surface area contributed by atoms with Gasteiger partial charge in [0, 0.05) is 28.6 Å². The molecule has 0 spiro atoms. The first kappa shape index (κ1) is 14.8.